The molecule has 0 spiro atoms. The van der Waals surface area contributed by atoms with E-state index in [-0.39, 0.29) is 24.4 Å². The van der Waals surface area contributed by atoms with Crippen molar-refractivity contribution in [3.63, 3.8) is 0 Å². The fraction of sp³-hybridized carbons (Fsp3) is 0.333. The van der Waals surface area contributed by atoms with Crippen LogP contribution in [0.4, 0.5) is 5.69 Å². The topological polar surface area (TPSA) is 64.6 Å². The normalized spacial score (nSPS) is 10.5. The van der Waals surface area contributed by atoms with Crippen LogP contribution in [0, 0.1) is 0 Å². The lowest BCUT2D eigenvalue weighted by Gasteiger charge is -2.09. The molecule has 1 amide bonds. The Hall–Kier alpha value is -2.82. The van der Waals surface area contributed by atoms with Gasteiger partial charge in [-0.15, -0.1) is 0 Å². The minimum absolute atomic E-state index is 0.146. The van der Waals surface area contributed by atoms with Gasteiger partial charge in [-0.25, -0.2) is 4.79 Å². The number of hydrogen-bond acceptors (Lipinski definition) is 4. The lowest BCUT2D eigenvalue weighted by Crippen LogP contribution is -2.15. The van der Waals surface area contributed by atoms with Crippen LogP contribution in [0.1, 0.15) is 43.1 Å². The van der Waals surface area contributed by atoms with Gasteiger partial charge in [0.1, 0.15) is 5.75 Å². The molecule has 0 saturated heterocycles. The summed E-state index contributed by atoms with van der Waals surface area (Å²) in [6.45, 7) is 6.00. The Morgan fingerprint density at radius 3 is 2.23 bits per heavy atom. The van der Waals surface area contributed by atoms with E-state index >= 15 is 0 Å². The van der Waals surface area contributed by atoms with E-state index in [0.717, 1.165) is 12.2 Å². The zero-order valence-corrected chi connectivity index (χ0v) is 15.5. The first-order valence-corrected chi connectivity index (χ1v) is 8.80. The van der Waals surface area contributed by atoms with Crippen molar-refractivity contribution < 1.29 is 19.1 Å². The number of ether oxygens (including phenoxy) is 2. The summed E-state index contributed by atoms with van der Waals surface area (Å²) in [7, 11) is 0. The van der Waals surface area contributed by atoms with Gasteiger partial charge < -0.3 is 14.8 Å². The van der Waals surface area contributed by atoms with E-state index in [1.807, 2.05) is 24.3 Å². The number of benzene rings is 2. The van der Waals surface area contributed by atoms with Gasteiger partial charge >= 0.3 is 5.97 Å². The molecule has 0 aliphatic heterocycles. The number of carbonyl (C=O) groups is 2. The largest absolute Gasteiger partial charge is 0.493 e. The van der Waals surface area contributed by atoms with Crippen molar-refractivity contribution in [1.29, 1.82) is 0 Å². The standard InChI is InChI=1S/C21H25NO4/c1-4-16-5-11-19(12-6-16)25-14-13-20(23)22-18-9-7-17(8-10-18)21(24)26-15(2)3/h5-12,15H,4,13-14H2,1-3H3,(H,22,23). The Morgan fingerprint density at radius 2 is 1.65 bits per heavy atom. The van der Waals surface area contributed by atoms with E-state index in [1.165, 1.54) is 5.56 Å². The van der Waals surface area contributed by atoms with E-state index in [1.54, 1.807) is 38.1 Å². The molecule has 2 aromatic carbocycles. The van der Waals surface area contributed by atoms with E-state index in [4.69, 9.17) is 9.47 Å². The van der Waals surface area contributed by atoms with Crippen LogP contribution in [0.15, 0.2) is 48.5 Å². The van der Waals surface area contributed by atoms with Crippen LogP contribution in [0.25, 0.3) is 0 Å². The second-order valence-electron chi connectivity index (χ2n) is 6.18. The average molecular weight is 355 g/mol. The third-order valence-electron chi connectivity index (χ3n) is 3.68. The molecule has 0 aliphatic carbocycles. The fourth-order valence-electron chi connectivity index (χ4n) is 2.28. The summed E-state index contributed by atoms with van der Waals surface area (Å²) in [6.07, 6.45) is 1.06. The summed E-state index contributed by atoms with van der Waals surface area (Å²) < 4.78 is 10.7. The van der Waals surface area contributed by atoms with Gasteiger partial charge in [-0.2, -0.15) is 0 Å². The van der Waals surface area contributed by atoms with E-state index in [0.29, 0.717) is 17.9 Å². The van der Waals surface area contributed by atoms with Crippen molar-refractivity contribution in [2.24, 2.45) is 0 Å². The number of nitrogens with one attached hydrogen (secondary N) is 1. The molecular formula is C21H25NO4. The number of aryl methyl sites for hydroxylation is 1. The molecule has 138 valence electrons. The monoisotopic (exact) mass is 355 g/mol. The molecule has 5 nitrogen and oxygen atoms in total. The van der Waals surface area contributed by atoms with Crippen molar-refractivity contribution >= 4 is 17.6 Å². The fourth-order valence-corrected chi connectivity index (χ4v) is 2.28. The Balaban J connectivity index is 1.77. The summed E-state index contributed by atoms with van der Waals surface area (Å²) in [5, 5.41) is 2.78. The van der Waals surface area contributed by atoms with Crippen molar-refractivity contribution in [1.82, 2.24) is 0 Å². The zero-order valence-electron chi connectivity index (χ0n) is 15.5. The summed E-state index contributed by atoms with van der Waals surface area (Å²) in [4.78, 5) is 23.8. The minimum atomic E-state index is -0.375. The molecule has 26 heavy (non-hydrogen) atoms. The Morgan fingerprint density at radius 1 is 1.00 bits per heavy atom. The summed E-state index contributed by atoms with van der Waals surface area (Å²) in [5.41, 5.74) is 2.33. The van der Waals surface area contributed by atoms with Crippen LogP contribution in [0.2, 0.25) is 0 Å². The number of esters is 1. The Kier molecular flexibility index (Phi) is 7.21. The van der Waals surface area contributed by atoms with Gasteiger partial charge in [0.25, 0.3) is 0 Å². The van der Waals surface area contributed by atoms with Crippen LogP contribution >= 0.6 is 0 Å². The SMILES string of the molecule is CCc1ccc(OCCC(=O)Nc2ccc(C(=O)OC(C)C)cc2)cc1. The molecule has 2 rings (SSSR count). The van der Waals surface area contributed by atoms with E-state index < -0.39 is 0 Å². The predicted molar refractivity (Wildman–Crippen MR) is 102 cm³/mol. The summed E-state index contributed by atoms with van der Waals surface area (Å²) in [5.74, 6) is 0.232. The third-order valence-corrected chi connectivity index (χ3v) is 3.68. The first-order valence-electron chi connectivity index (χ1n) is 8.80. The van der Waals surface area contributed by atoms with Gasteiger partial charge in [0.15, 0.2) is 0 Å². The molecule has 0 aromatic heterocycles. The van der Waals surface area contributed by atoms with Crippen molar-refractivity contribution in [3.05, 3.63) is 59.7 Å². The molecular weight excluding hydrogens is 330 g/mol. The molecule has 0 heterocycles. The molecule has 0 aliphatic rings. The maximum Gasteiger partial charge on any atom is 0.338 e. The second-order valence-corrected chi connectivity index (χ2v) is 6.18. The van der Waals surface area contributed by atoms with Crippen molar-refractivity contribution in [2.45, 2.75) is 39.7 Å². The maximum atomic E-state index is 12.0. The molecule has 1 N–H and O–H groups in total. The molecule has 0 saturated carbocycles. The molecule has 0 bridgehead atoms. The summed E-state index contributed by atoms with van der Waals surface area (Å²) in [6, 6.07) is 14.5. The van der Waals surface area contributed by atoms with Crippen LogP contribution in [0.5, 0.6) is 5.75 Å². The van der Waals surface area contributed by atoms with Crippen LogP contribution in [-0.2, 0) is 16.0 Å². The van der Waals surface area contributed by atoms with Crippen LogP contribution in [-0.4, -0.2) is 24.6 Å². The quantitative estimate of drug-likeness (QED) is 0.720. The van der Waals surface area contributed by atoms with Gasteiger partial charge in [0.05, 0.1) is 24.7 Å². The highest BCUT2D eigenvalue weighted by Gasteiger charge is 2.09. The van der Waals surface area contributed by atoms with Crippen LogP contribution in [0.3, 0.4) is 0 Å². The van der Waals surface area contributed by atoms with Gasteiger partial charge in [-0.05, 0) is 62.2 Å². The summed E-state index contributed by atoms with van der Waals surface area (Å²) >= 11 is 0. The number of hydrogen-bond donors (Lipinski definition) is 1. The minimum Gasteiger partial charge on any atom is -0.493 e. The van der Waals surface area contributed by atoms with E-state index in [9.17, 15) is 9.59 Å². The third kappa shape index (κ3) is 6.24. The molecule has 5 heteroatoms. The first kappa shape index (κ1) is 19.5. The zero-order chi connectivity index (χ0) is 18.9. The lowest BCUT2D eigenvalue weighted by molar-refractivity contribution is -0.116. The second kappa shape index (κ2) is 9.61. The predicted octanol–water partition coefficient (Wildman–Crippen LogP) is 4.22. The highest BCUT2D eigenvalue weighted by molar-refractivity contribution is 5.93. The van der Waals surface area contributed by atoms with Crippen LogP contribution < -0.4 is 10.1 Å². The lowest BCUT2D eigenvalue weighted by atomic mass is 10.2. The molecule has 0 radical (unpaired) electrons. The van der Waals surface area contributed by atoms with Gasteiger partial charge in [0, 0.05) is 5.69 Å². The first-order chi connectivity index (χ1) is 12.5. The molecule has 0 fully saturated rings. The van der Waals surface area contributed by atoms with Gasteiger partial charge in [0.2, 0.25) is 5.91 Å². The van der Waals surface area contributed by atoms with Gasteiger partial charge in [-0.1, -0.05) is 19.1 Å². The Bertz CT molecular complexity index is 721. The molecule has 0 atom stereocenters. The van der Waals surface area contributed by atoms with Crippen molar-refractivity contribution in [2.75, 3.05) is 11.9 Å². The van der Waals surface area contributed by atoms with Gasteiger partial charge in [-0.3, -0.25) is 4.79 Å². The maximum absolute atomic E-state index is 12.0. The molecule has 0 unspecified atom stereocenters. The number of amides is 1. The highest BCUT2D eigenvalue weighted by atomic mass is 16.5. The van der Waals surface area contributed by atoms with Crippen molar-refractivity contribution in [3.8, 4) is 5.75 Å². The number of anilines is 1. The molecule has 2 aromatic rings. The average Bonchev–Trinajstić information content (AvgIpc) is 2.62. The smallest absolute Gasteiger partial charge is 0.338 e. The number of carbonyl (C=O) groups excluding carboxylic acids is 2. The Labute approximate surface area is 154 Å². The number of rotatable bonds is 8. The highest BCUT2D eigenvalue weighted by Crippen LogP contribution is 2.14. The van der Waals surface area contributed by atoms with E-state index in [2.05, 4.69) is 12.2 Å².